The predicted molar refractivity (Wildman–Crippen MR) is 74.9 cm³/mol. The Balaban J connectivity index is 0.000000219. The summed E-state index contributed by atoms with van der Waals surface area (Å²) in [6.45, 7) is 0. The lowest BCUT2D eigenvalue weighted by Crippen LogP contribution is -2.16. The number of anilines is 2. The van der Waals surface area contributed by atoms with Gasteiger partial charge in [0.2, 0.25) is 0 Å². The third kappa shape index (κ3) is 6.95. The fourth-order valence-corrected chi connectivity index (χ4v) is 1.27. The van der Waals surface area contributed by atoms with Crippen molar-refractivity contribution in [1.82, 2.24) is 0 Å². The molecule has 7 heteroatoms. The molecule has 0 atom stereocenters. The topological polar surface area (TPSA) is 70.5 Å². The van der Waals surface area contributed by atoms with Gasteiger partial charge in [-0.25, -0.2) is 0 Å². The first-order valence-corrected chi connectivity index (χ1v) is 5.81. The van der Waals surface area contributed by atoms with Crippen molar-refractivity contribution in [3.63, 3.8) is 0 Å². The van der Waals surface area contributed by atoms with Crippen LogP contribution in [0.4, 0.5) is 24.5 Å². The minimum atomic E-state index is -4.64. The molecule has 0 aromatic heterocycles. The fraction of sp³-hybridized carbons (Fsp3) is 0.143. The molecule has 2 aromatic carbocycles. The molecule has 4 N–H and O–H groups in total. The molecule has 0 heterocycles. The quantitative estimate of drug-likeness (QED) is 0.833. The minimum absolute atomic E-state index is 0.267. The monoisotopic (exact) mass is 300 g/mol. The van der Waals surface area contributed by atoms with Crippen LogP contribution in [0.1, 0.15) is 0 Å². The summed E-state index contributed by atoms with van der Waals surface area (Å²) in [6.07, 6.45) is -4.64. The Bertz CT molecular complexity index is 540. The SMILES string of the molecule is COc1ccc(N)cc1.Nc1ccc(OC(F)(F)F)cc1. The lowest BCUT2D eigenvalue weighted by Gasteiger charge is -2.07. The zero-order valence-electron chi connectivity index (χ0n) is 11.2. The summed E-state index contributed by atoms with van der Waals surface area (Å²) in [4.78, 5) is 0. The summed E-state index contributed by atoms with van der Waals surface area (Å²) in [5.41, 5.74) is 11.8. The van der Waals surface area contributed by atoms with E-state index in [1.807, 2.05) is 12.1 Å². The van der Waals surface area contributed by atoms with Crippen LogP contribution in [-0.2, 0) is 0 Å². The Kier molecular flexibility index (Phi) is 5.71. The molecule has 0 fully saturated rings. The average molecular weight is 300 g/mol. The highest BCUT2D eigenvalue weighted by Crippen LogP contribution is 2.22. The average Bonchev–Trinajstić information content (AvgIpc) is 2.42. The van der Waals surface area contributed by atoms with Gasteiger partial charge in [-0.2, -0.15) is 0 Å². The smallest absolute Gasteiger partial charge is 0.497 e. The van der Waals surface area contributed by atoms with Crippen LogP contribution in [0.15, 0.2) is 48.5 Å². The van der Waals surface area contributed by atoms with Crippen LogP contribution >= 0.6 is 0 Å². The van der Waals surface area contributed by atoms with Crippen molar-refractivity contribution in [2.24, 2.45) is 0 Å². The zero-order valence-corrected chi connectivity index (χ0v) is 11.2. The summed E-state index contributed by atoms with van der Waals surface area (Å²) in [7, 11) is 1.63. The van der Waals surface area contributed by atoms with Gasteiger partial charge < -0.3 is 20.9 Å². The van der Waals surface area contributed by atoms with Gasteiger partial charge in [0.15, 0.2) is 0 Å². The van der Waals surface area contributed by atoms with Crippen molar-refractivity contribution in [2.75, 3.05) is 18.6 Å². The number of rotatable bonds is 2. The highest BCUT2D eigenvalue weighted by molar-refractivity contribution is 5.42. The van der Waals surface area contributed by atoms with Crippen molar-refractivity contribution >= 4 is 11.4 Å². The van der Waals surface area contributed by atoms with Gasteiger partial charge in [0, 0.05) is 11.4 Å². The van der Waals surface area contributed by atoms with Crippen LogP contribution in [0.3, 0.4) is 0 Å². The maximum atomic E-state index is 11.6. The first-order valence-electron chi connectivity index (χ1n) is 5.81. The molecule has 21 heavy (non-hydrogen) atoms. The van der Waals surface area contributed by atoms with E-state index >= 15 is 0 Å². The highest BCUT2D eigenvalue weighted by atomic mass is 19.4. The number of halogens is 3. The van der Waals surface area contributed by atoms with Crippen LogP contribution < -0.4 is 20.9 Å². The molecule has 2 rings (SSSR count). The fourth-order valence-electron chi connectivity index (χ4n) is 1.27. The summed E-state index contributed by atoms with van der Waals surface area (Å²) >= 11 is 0. The van der Waals surface area contributed by atoms with E-state index in [1.165, 1.54) is 12.1 Å². The van der Waals surface area contributed by atoms with Crippen LogP contribution in [-0.4, -0.2) is 13.5 Å². The molecular formula is C14H15F3N2O2. The van der Waals surface area contributed by atoms with Crippen molar-refractivity contribution in [3.05, 3.63) is 48.5 Å². The van der Waals surface area contributed by atoms with Crippen molar-refractivity contribution in [3.8, 4) is 11.5 Å². The number of benzene rings is 2. The molecule has 0 unspecified atom stereocenters. The third-order valence-corrected chi connectivity index (χ3v) is 2.23. The van der Waals surface area contributed by atoms with E-state index in [4.69, 9.17) is 16.2 Å². The first kappa shape index (κ1) is 16.5. The van der Waals surface area contributed by atoms with Crippen molar-refractivity contribution in [1.29, 1.82) is 0 Å². The molecule has 0 aliphatic rings. The second kappa shape index (κ2) is 7.28. The van der Waals surface area contributed by atoms with E-state index in [0.29, 0.717) is 5.69 Å². The van der Waals surface area contributed by atoms with Crippen molar-refractivity contribution < 1.29 is 22.6 Å². The normalized spacial score (nSPS) is 10.3. The van der Waals surface area contributed by atoms with Crippen LogP contribution in [0, 0.1) is 0 Å². The summed E-state index contributed by atoms with van der Waals surface area (Å²) in [6, 6.07) is 12.2. The van der Waals surface area contributed by atoms with Crippen LogP contribution in [0.25, 0.3) is 0 Å². The number of methoxy groups -OCH3 is 1. The third-order valence-electron chi connectivity index (χ3n) is 2.23. The van der Waals surface area contributed by atoms with Gasteiger partial charge >= 0.3 is 6.36 Å². The number of hydrogen-bond donors (Lipinski definition) is 2. The molecule has 4 nitrogen and oxygen atoms in total. The van der Waals surface area contributed by atoms with E-state index in [0.717, 1.165) is 23.6 Å². The minimum Gasteiger partial charge on any atom is -0.497 e. The van der Waals surface area contributed by atoms with E-state index in [2.05, 4.69) is 4.74 Å². The van der Waals surface area contributed by atoms with E-state index in [1.54, 1.807) is 19.2 Å². The largest absolute Gasteiger partial charge is 0.573 e. The molecular weight excluding hydrogens is 285 g/mol. The second-order valence-corrected chi connectivity index (χ2v) is 3.89. The Hall–Kier alpha value is -2.57. The Labute approximate surface area is 120 Å². The van der Waals surface area contributed by atoms with Gasteiger partial charge in [0.25, 0.3) is 0 Å². The molecule has 0 saturated heterocycles. The van der Waals surface area contributed by atoms with Gasteiger partial charge in [-0.1, -0.05) is 0 Å². The number of ether oxygens (including phenoxy) is 2. The van der Waals surface area contributed by atoms with Crippen LogP contribution in [0.2, 0.25) is 0 Å². The molecule has 0 aliphatic carbocycles. The van der Waals surface area contributed by atoms with Gasteiger partial charge in [0.1, 0.15) is 11.5 Å². The van der Waals surface area contributed by atoms with E-state index in [-0.39, 0.29) is 5.75 Å². The lowest BCUT2D eigenvalue weighted by molar-refractivity contribution is -0.274. The molecule has 0 spiro atoms. The summed E-state index contributed by atoms with van der Waals surface area (Å²) in [5.74, 6) is 0.570. The zero-order chi connectivity index (χ0) is 15.9. The molecule has 2 aromatic rings. The predicted octanol–water partition coefficient (Wildman–Crippen LogP) is 3.44. The molecule has 0 amide bonds. The number of alkyl halides is 3. The van der Waals surface area contributed by atoms with Gasteiger partial charge in [-0.3, -0.25) is 0 Å². The molecule has 114 valence electrons. The maximum absolute atomic E-state index is 11.6. The summed E-state index contributed by atoms with van der Waals surface area (Å²) < 4.78 is 43.3. The van der Waals surface area contributed by atoms with Crippen molar-refractivity contribution in [2.45, 2.75) is 6.36 Å². The first-order chi connectivity index (χ1) is 9.80. The number of nitrogen functional groups attached to an aromatic ring is 2. The van der Waals surface area contributed by atoms with Gasteiger partial charge in [0.05, 0.1) is 7.11 Å². The molecule has 0 saturated carbocycles. The maximum Gasteiger partial charge on any atom is 0.573 e. The number of hydrogen-bond acceptors (Lipinski definition) is 4. The van der Waals surface area contributed by atoms with Gasteiger partial charge in [-0.05, 0) is 48.5 Å². The standard InChI is InChI=1S/C7H6F3NO.C7H9NO/c8-7(9,10)12-6-3-1-5(11)2-4-6;1-9-7-4-2-6(8)3-5-7/h1-4H,11H2;2-5H,8H2,1H3. The van der Waals surface area contributed by atoms with Gasteiger partial charge in [-0.15, -0.1) is 13.2 Å². The van der Waals surface area contributed by atoms with E-state index < -0.39 is 6.36 Å². The van der Waals surface area contributed by atoms with Crippen LogP contribution in [0.5, 0.6) is 11.5 Å². The Morgan fingerprint density at radius 2 is 1.14 bits per heavy atom. The lowest BCUT2D eigenvalue weighted by atomic mass is 10.3. The molecule has 0 radical (unpaired) electrons. The molecule has 0 bridgehead atoms. The van der Waals surface area contributed by atoms with E-state index in [9.17, 15) is 13.2 Å². The second-order valence-electron chi connectivity index (χ2n) is 3.89. The molecule has 0 aliphatic heterocycles. The Morgan fingerprint density at radius 1 is 0.762 bits per heavy atom. The summed E-state index contributed by atoms with van der Waals surface area (Å²) in [5, 5.41) is 0. The Morgan fingerprint density at radius 3 is 1.48 bits per heavy atom. The highest BCUT2D eigenvalue weighted by Gasteiger charge is 2.30. The number of nitrogens with two attached hydrogens (primary N) is 2.